The van der Waals surface area contributed by atoms with E-state index in [4.69, 9.17) is 11.6 Å². The zero-order chi connectivity index (χ0) is 11.7. The fourth-order valence-electron chi connectivity index (χ4n) is 1.45. The van der Waals surface area contributed by atoms with Gasteiger partial charge >= 0.3 is 0 Å². The van der Waals surface area contributed by atoms with Gasteiger partial charge < -0.3 is 0 Å². The fraction of sp³-hybridized carbons (Fsp3) is 0.300. The Morgan fingerprint density at radius 2 is 1.87 bits per heavy atom. The number of carbonyl (C=O) groups is 1. The maximum absolute atomic E-state index is 11.0. The van der Waals surface area contributed by atoms with Crippen LogP contribution >= 0.6 is 11.6 Å². The quantitative estimate of drug-likeness (QED) is 0.443. The van der Waals surface area contributed by atoms with E-state index in [-0.39, 0.29) is 11.3 Å². The van der Waals surface area contributed by atoms with E-state index in [0.29, 0.717) is 5.56 Å². The van der Waals surface area contributed by atoms with Crippen LogP contribution in [0.3, 0.4) is 0 Å². The van der Waals surface area contributed by atoms with Gasteiger partial charge in [0.05, 0.1) is 4.92 Å². The molecule has 4 nitrogen and oxygen atoms in total. The lowest BCUT2D eigenvalue weighted by Crippen LogP contribution is -2.04. The third-order valence-electron chi connectivity index (χ3n) is 2.52. The molecule has 0 bridgehead atoms. The lowest BCUT2D eigenvalue weighted by molar-refractivity contribution is -0.385. The fourth-order valence-corrected chi connectivity index (χ4v) is 1.60. The molecule has 0 radical (unpaired) electrons. The maximum atomic E-state index is 11.0. The summed E-state index contributed by atoms with van der Waals surface area (Å²) in [6.07, 6.45) is 0. The Morgan fingerprint density at radius 1 is 1.33 bits per heavy atom. The third kappa shape index (κ3) is 1.99. The van der Waals surface area contributed by atoms with Gasteiger partial charge in [-0.15, -0.1) is 0 Å². The lowest BCUT2D eigenvalue weighted by Gasteiger charge is -2.08. The molecule has 0 aliphatic rings. The van der Waals surface area contributed by atoms with Crippen molar-refractivity contribution in [1.29, 1.82) is 0 Å². The highest BCUT2D eigenvalue weighted by Gasteiger charge is 2.23. The highest BCUT2D eigenvalue weighted by Crippen LogP contribution is 2.29. The van der Waals surface area contributed by atoms with Gasteiger partial charge in [0.1, 0.15) is 5.56 Å². The van der Waals surface area contributed by atoms with Crippen molar-refractivity contribution in [2.24, 2.45) is 0 Å². The van der Waals surface area contributed by atoms with Gasteiger partial charge in [0.15, 0.2) is 0 Å². The molecule has 0 heterocycles. The summed E-state index contributed by atoms with van der Waals surface area (Å²) in [5.41, 5.74) is 1.88. The molecule has 0 saturated carbocycles. The van der Waals surface area contributed by atoms with Crippen LogP contribution in [0.1, 0.15) is 27.0 Å². The molecular weight excluding hydrogens is 218 g/mol. The maximum Gasteiger partial charge on any atom is 0.284 e. The van der Waals surface area contributed by atoms with Crippen LogP contribution in [0.4, 0.5) is 5.69 Å². The van der Waals surface area contributed by atoms with Gasteiger partial charge in [-0.3, -0.25) is 14.9 Å². The minimum Gasteiger partial charge on any atom is -0.275 e. The number of hydrogen-bond donors (Lipinski definition) is 0. The van der Waals surface area contributed by atoms with Gasteiger partial charge in [0.2, 0.25) is 0 Å². The van der Waals surface area contributed by atoms with Crippen molar-refractivity contribution < 1.29 is 9.72 Å². The van der Waals surface area contributed by atoms with Gasteiger partial charge in [-0.1, -0.05) is 0 Å². The van der Waals surface area contributed by atoms with Gasteiger partial charge in [-0.05, 0) is 49.6 Å². The van der Waals surface area contributed by atoms with Crippen molar-refractivity contribution in [3.63, 3.8) is 0 Å². The van der Waals surface area contributed by atoms with Gasteiger partial charge in [-0.2, -0.15) is 0 Å². The van der Waals surface area contributed by atoms with E-state index >= 15 is 0 Å². The molecule has 0 aliphatic heterocycles. The van der Waals surface area contributed by atoms with E-state index in [1.807, 2.05) is 0 Å². The average molecular weight is 228 g/mol. The molecule has 0 saturated heterocycles. The van der Waals surface area contributed by atoms with Crippen LogP contribution in [-0.2, 0) is 0 Å². The summed E-state index contributed by atoms with van der Waals surface area (Å²) in [7, 11) is 0. The molecule has 0 atom stereocenters. The standard InChI is InChI=1S/C10H10ClNO3/c1-5-4-8(10(11)13)9(12(14)15)7(3)6(5)2/h4H,1-3H3. The van der Waals surface area contributed by atoms with Crippen LogP contribution in [0.2, 0.25) is 0 Å². The van der Waals surface area contributed by atoms with E-state index in [1.54, 1.807) is 20.8 Å². The Hall–Kier alpha value is -1.42. The second-order valence-corrected chi connectivity index (χ2v) is 3.71. The SMILES string of the molecule is Cc1cc(C(=O)Cl)c([N+](=O)[O-])c(C)c1C. The number of nitrogens with zero attached hydrogens (tertiary/aromatic N) is 1. The molecule has 0 aliphatic carbocycles. The van der Waals surface area contributed by atoms with E-state index in [2.05, 4.69) is 0 Å². The molecule has 0 unspecified atom stereocenters. The van der Waals surface area contributed by atoms with Gasteiger partial charge in [-0.25, -0.2) is 0 Å². The highest BCUT2D eigenvalue weighted by molar-refractivity contribution is 6.68. The van der Waals surface area contributed by atoms with Crippen molar-refractivity contribution in [3.05, 3.63) is 38.4 Å². The number of halogens is 1. The first-order valence-corrected chi connectivity index (χ1v) is 4.69. The molecule has 1 aromatic carbocycles. The molecule has 0 N–H and O–H groups in total. The zero-order valence-electron chi connectivity index (χ0n) is 8.63. The van der Waals surface area contributed by atoms with Crippen molar-refractivity contribution in [2.75, 3.05) is 0 Å². The summed E-state index contributed by atoms with van der Waals surface area (Å²) in [5.74, 6) is 0. The number of carbonyl (C=O) groups excluding carboxylic acids is 1. The van der Waals surface area contributed by atoms with Crippen LogP contribution in [-0.4, -0.2) is 10.2 Å². The molecule has 0 aromatic heterocycles. The van der Waals surface area contributed by atoms with Gasteiger partial charge in [0, 0.05) is 5.56 Å². The molecule has 80 valence electrons. The zero-order valence-corrected chi connectivity index (χ0v) is 9.38. The van der Waals surface area contributed by atoms with Crippen LogP contribution in [0.25, 0.3) is 0 Å². The van der Waals surface area contributed by atoms with Crippen LogP contribution < -0.4 is 0 Å². The number of hydrogen-bond acceptors (Lipinski definition) is 3. The van der Waals surface area contributed by atoms with E-state index in [1.165, 1.54) is 6.07 Å². The first-order valence-electron chi connectivity index (χ1n) is 4.31. The number of nitro benzene ring substituents is 1. The minimum atomic E-state index is -0.798. The smallest absolute Gasteiger partial charge is 0.275 e. The lowest BCUT2D eigenvalue weighted by atomic mass is 9.98. The Kier molecular flexibility index (Phi) is 3.09. The van der Waals surface area contributed by atoms with Crippen molar-refractivity contribution in [2.45, 2.75) is 20.8 Å². The first-order chi connectivity index (χ1) is 6.86. The Labute approximate surface area is 92.0 Å². The monoisotopic (exact) mass is 227 g/mol. The normalized spacial score (nSPS) is 10.1. The molecule has 0 fully saturated rings. The minimum absolute atomic E-state index is 0.0396. The second-order valence-electron chi connectivity index (χ2n) is 3.37. The largest absolute Gasteiger partial charge is 0.284 e. The number of aryl methyl sites for hydroxylation is 1. The Balaban J connectivity index is 3.65. The summed E-state index contributed by atoms with van der Waals surface area (Å²) in [5, 5.41) is 10.0. The number of rotatable bonds is 2. The van der Waals surface area contributed by atoms with Crippen molar-refractivity contribution >= 4 is 22.5 Å². The third-order valence-corrected chi connectivity index (χ3v) is 2.72. The van der Waals surface area contributed by atoms with Crippen LogP contribution in [0.5, 0.6) is 0 Å². The molecular formula is C10H10ClNO3. The molecule has 0 spiro atoms. The van der Waals surface area contributed by atoms with Crippen LogP contribution in [0.15, 0.2) is 6.07 Å². The predicted octanol–water partition coefficient (Wildman–Crippen LogP) is 2.90. The molecule has 5 heteroatoms. The second kappa shape index (κ2) is 3.98. The topological polar surface area (TPSA) is 60.2 Å². The summed E-state index contributed by atoms with van der Waals surface area (Å²) < 4.78 is 0. The molecule has 1 rings (SSSR count). The average Bonchev–Trinajstić information content (AvgIpc) is 2.12. The van der Waals surface area contributed by atoms with Crippen LogP contribution in [0, 0.1) is 30.9 Å². The van der Waals surface area contributed by atoms with Gasteiger partial charge in [0.25, 0.3) is 10.9 Å². The molecule has 0 amide bonds. The summed E-state index contributed by atoms with van der Waals surface area (Å²) in [6.45, 7) is 5.18. The number of benzene rings is 1. The predicted molar refractivity (Wildman–Crippen MR) is 57.5 cm³/mol. The molecule has 1 aromatic rings. The Morgan fingerprint density at radius 3 is 2.27 bits per heavy atom. The Bertz CT molecular complexity index is 454. The highest BCUT2D eigenvalue weighted by atomic mass is 35.5. The molecule has 15 heavy (non-hydrogen) atoms. The van der Waals surface area contributed by atoms with E-state index in [9.17, 15) is 14.9 Å². The summed E-state index contributed by atoms with van der Waals surface area (Å²) in [6, 6.07) is 1.45. The van der Waals surface area contributed by atoms with Crippen molar-refractivity contribution in [1.82, 2.24) is 0 Å². The summed E-state index contributed by atoms with van der Waals surface area (Å²) in [4.78, 5) is 21.3. The van der Waals surface area contributed by atoms with Crippen molar-refractivity contribution in [3.8, 4) is 0 Å². The van der Waals surface area contributed by atoms with E-state index in [0.717, 1.165) is 11.1 Å². The van der Waals surface area contributed by atoms with E-state index < -0.39 is 10.2 Å². The first kappa shape index (κ1) is 11.7. The number of nitro groups is 1. The summed E-state index contributed by atoms with van der Waals surface area (Å²) >= 11 is 5.31.